The molecule has 0 amide bonds. The van der Waals surface area contributed by atoms with Crippen molar-refractivity contribution in [2.45, 2.75) is 38.3 Å². The van der Waals surface area contributed by atoms with Crippen molar-refractivity contribution < 1.29 is 18.6 Å². The molecule has 8 nitrogen and oxygen atoms in total. The molecule has 1 aromatic heterocycles. The first kappa shape index (κ1) is 22.3. The molecule has 3 rings (SSSR count). The molecule has 1 aromatic carbocycles. The average Bonchev–Trinajstić information content (AvgIpc) is 3.04. The molecule has 2 heterocycles. The number of nitrogens with zero attached hydrogens (tertiary/aromatic N) is 5. The van der Waals surface area contributed by atoms with Gasteiger partial charge in [-0.05, 0) is 32.0 Å². The second-order valence-electron chi connectivity index (χ2n) is 7.67. The van der Waals surface area contributed by atoms with Crippen molar-refractivity contribution in [1.29, 1.82) is 0 Å². The van der Waals surface area contributed by atoms with Crippen LogP contribution < -0.4 is 15.5 Å². The molecule has 11 heteroatoms. The van der Waals surface area contributed by atoms with Crippen molar-refractivity contribution in [3.63, 3.8) is 0 Å². The number of hydrogen-bond donors (Lipinski definition) is 2. The quantitative estimate of drug-likeness (QED) is 0.469. The van der Waals surface area contributed by atoms with Gasteiger partial charge in [0.05, 0.1) is 12.1 Å². The molecule has 0 atom stereocenters. The Morgan fingerprint density at radius 3 is 2.67 bits per heavy atom. The summed E-state index contributed by atoms with van der Waals surface area (Å²) in [7, 11) is 0. The summed E-state index contributed by atoms with van der Waals surface area (Å²) >= 11 is 6.18. The number of nitrogens with two attached hydrogens (primary N) is 1. The Bertz CT molecular complexity index is 894. The van der Waals surface area contributed by atoms with Crippen LogP contribution in [0.25, 0.3) is 10.7 Å². The number of aliphatic hydroxyl groups is 1. The fraction of sp³-hybridized carbons (Fsp3) is 0.474. The first-order valence-electron chi connectivity index (χ1n) is 9.30. The zero-order valence-electron chi connectivity index (χ0n) is 16.6. The molecule has 0 saturated carbocycles. The van der Waals surface area contributed by atoms with Crippen molar-refractivity contribution in [3.05, 3.63) is 45.6 Å². The molecule has 0 unspecified atom stereocenters. The van der Waals surface area contributed by atoms with E-state index in [2.05, 4.69) is 20.7 Å². The van der Waals surface area contributed by atoms with Crippen LogP contribution in [0, 0.1) is 0 Å². The highest BCUT2D eigenvalue weighted by atomic mass is 35.5. The smallest absolute Gasteiger partial charge is 0.266 e. The first-order chi connectivity index (χ1) is 14.1. The normalized spacial score (nSPS) is 15.9. The van der Waals surface area contributed by atoms with E-state index in [1.165, 1.54) is 4.90 Å². The number of alkyl halides is 2. The summed E-state index contributed by atoms with van der Waals surface area (Å²) in [5, 5.41) is 14.9. The fourth-order valence-electron chi connectivity index (χ4n) is 2.87. The summed E-state index contributed by atoms with van der Waals surface area (Å²) in [6, 6.07) is 7.04. The van der Waals surface area contributed by atoms with Gasteiger partial charge in [-0.3, -0.25) is 0 Å². The van der Waals surface area contributed by atoms with Gasteiger partial charge in [-0.15, -0.1) is 0 Å². The minimum absolute atomic E-state index is 0.0709. The summed E-state index contributed by atoms with van der Waals surface area (Å²) in [6.45, 7) is 2.72. The van der Waals surface area contributed by atoms with Gasteiger partial charge >= 0.3 is 0 Å². The number of rotatable bonds is 8. The van der Waals surface area contributed by atoms with Gasteiger partial charge in [0.25, 0.3) is 5.92 Å². The number of anilines is 1. The second kappa shape index (κ2) is 8.75. The molecular weight excluding hydrogens is 418 g/mol. The van der Waals surface area contributed by atoms with Gasteiger partial charge in [-0.1, -0.05) is 41.3 Å². The number of ether oxygens (including phenoxy) is 1. The molecule has 0 bridgehead atoms. The maximum atomic E-state index is 13.8. The van der Waals surface area contributed by atoms with Crippen LogP contribution in [0.15, 0.2) is 24.3 Å². The van der Waals surface area contributed by atoms with Crippen LogP contribution in [0.4, 0.5) is 26.1 Å². The maximum absolute atomic E-state index is 13.8. The Balaban J connectivity index is 1.93. The Morgan fingerprint density at radius 2 is 2.07 bits per heavy atom. The van der Waals surface area contributed by atoms with Gasteiger partial charge in [-0.2, -0.15) is 0 Å². The molecule has 30 heavy (non-hydrogen) atoms. The van der Waals surface area contributed by atoms with Gasteiger partial charge in [0.2, 0.25) is 6.01 Å². The van der Waals surface area contributed by atoms with Crippen molar-refractivity contribution >= 4 is 28.9 Å². The lowest BCUT2D eigenvalue weighted by Crippen LogP contribution is -2.29. The number of benzene rings is 1. The van der Waals surface area contributed by atoms with Crippen LogP contribution in [0.2, 0.25) is 5.02 Å². The van der Waals surface area contributed by atoms with Gasteiger partial charge < -0.3 is 36.3 Å². The van der Waals surface area contributed by atoms with E-state index < -0.39 is 18.1 Å². The average molecular weight is 441 g/mol. The lowest BCUT2D eigenvalue weighted by atomic mass is 10.2. The molecule has 164 valence electrons. The predicted octanol–water partition coefficient (Wildman–Crippen LogP) is 4.21. The highest BCUT2D eigenvalue weighted by Crippen LogP contribution is 2.43. The van der Waals surface area contributed by atoms with Crippen molar-refractivity contribution in [2.24, 2.45) is 5.84 Å². The van der Waals surface area contributed by atoms with E-state index in [4.69, 9.17) is 22.2 Å². The van der Waals surface area contributed by atoms with Crippen molar-refractivity contribution in [3.8, 4) is 6.01 Å². The standard InChI is InChI=1S/C19H23ClF2N6O2/c1-18(2,29)11-30-17-25-15(24-9-12-5-3-4-6-13(12)20)14(27-23)16(26-17)28-8-7-19(21,22)10-28/h3-6,29H,7-11,23H2,1-2H3/q-2. The zero-order valence-corrected chi connectivity index (χ0v) is 17.4. The minimum atomic E-state index is -2.85. The fourth-order valence-corrected chi connectivity index (χ4v) is 3.06. The van der Waals surface area contributed by atoms with Crippen LogP contribution in [0.1, 0.15) is 25.8 Å². The summed E-state index contributed by atoms with van der Waals surface area (Å²) in [6.07, 6.45) is -0.313. The van der Waals surface area contributed by atoms with E-state index in [0.29, 0.717) is 5.02 Å². The van der Waals surface area contributed by atoms with Crippen LogP contribution in [0.5, 0.6) is 6.01 Å². The van der Waals surface area contributed by atoms with E-state index in [0.717, 1.165) is 5.56 Å². The van der Waals surface area contributed by atoms with Crippen LogP contribution in [0.3, 0.4) is 0 Å². The van der Waals surface area contributed by atoms with Crippen LogP contribution in [-0.2, 0) is 6.54 Å². The van der Waals surface area contributed by atoms with E-state index >= 15 is 0 Å². The molecular formula is C19H23ClF2N6O2-2. The summed E-state index contributed by atoms with van der Waals surface area (Å²) < 4.78 is 33.1. The molecule has 0 aliphatic carbocycles. The summed E-state index contributed by atoms with van der Waals surface area (Å²) in [4.78, 5) is 9.81. The maximum Gasteiger partial charge on any atom is 0.266 e. The monoisotopic (exact) mass is 440 g/mol. The molecule has 1 fully saturated rings. The third-order valence-corrected chi connectivity index (χ3v) is 4.71. The topological polar surface area (TPSA) is 113 Å². The molecule has 0 spiro atoms. The van der Waals surface area contributed by atoms with Crippen molar-refractivity contribution in [2.75, 3.05) is 24.6 Å². The molecule has 3 N–H and O–H groups in total. The highest BCUT2D eigenvalue weighted by Gasteiger charge is 2.39. The number of halogens is 3. The Labute approximate surface area is 178 Å². The zero-order chi connectivity index (χ0) is 21.9. The molecule has 1 saturated heterocycles. The molecule has 1 aliphatic rings. The van der Waals surface area contributed by atoms with Gasteiger partial charge in [-0.25, -0.2) is 13.8 Å². The lowest BCUT2D eigenvalue weighted by molar-refractivity contribution is 0.0250. The Morgan fingerprint density at radius 1 is 1.33 bits per heavy atom. The lowest BCUT2D eigenvalue weighted by Gasteiger charge is -2.34. The first-order valence-corrected chi connectivity index (χ1v) is 9.68. The largest absolute Gasteiger partial charge is 0.622 e. The van der Waals surface area contributed by atoms with Crippen molar-refractivity contribution in [1.82, 2.24) is 9.97 Å². The Kier molecular flexibility index (Phi) is 6.49. The minimum Gasteiger partial charge on any atom is -0.622 e. The second-order valence-corrected chi connectivity index (χ2v) is 8.07. The van der Waals surface area contributed by atoms with Gasteiger partial charge in [0.15, 0.2) is 0 Å². The predicted molar refractivity (Wildman–Crippen MR) is 111 cm³/mol. The highest BCUT2D eigenvalue weighted by molar-refractivity contribution is 6.31. The summed E-state index contributed by atoms with van der Waals surface area (Å²) in [5.41, 5.74) is 3.38. The van der Waals surface area contributed by atoms with Gasteiger partial charge in [0, 0.05) is 18.0 Å². The van der Waals surface area contributed by atoms with E-state index in [1.54, 1.807) is 32.0 Å². The molecule has 1 aliphatic heterocycles. The van der Waals surface area contributed by atoms with E-state index in [-0.39, 0.29) is 49.5 Å². The van der Waals surface area contributed by atoms with Crippen LogP contribution >= 0.6 is 11.6 Å². The molecule has 2 aromatic rings. The third kappa shape index (κ3) is 5.59. The summed E-state index contributed by atoms with van der Waals surface area (Å²) in [5.74, 6) is 2.89. The molecule has 0 radical (unpaired) electrons. The third-order valence-electron chi connectivity index (χ3n) is 4.34. The number of aromatic nitrogens is 2. The van der Waals surface area contributed by atoms with Gasteiger partial charge in [0.1, 0.15) is 12.4 Å². The Hall–Kier alpha value is -2.43. The van der Waals surface area contributed by atoms with E-state index in [1.807, 2.05) is 6.07 Å². The SMILES string of the molecule is CC(C)(O)COc1nc([N-]Cc2ccccc2Cl)c([N-]N)c(N2CCC(F)(F)C2)n1. The van der Waals surface area contributed by atoms with E-state index in [9.17, 15) is 13.9 Å². The van der Waals surface area contributed by atoms with Crippen LogP contribution in [-0.4, -0.2) is 46.3 Å². The number of hydrogen-bond acceptors (Lipinski definition) is 6.